The molecule has 3 aromatic rings. The number of hydrogen-bond acceptors (Lipinski definition) is 4. The largest absolute Gasteiger partial charge is 0.492 e. The molecule has 0 saturated heterocycles. The number of ether oxygens (including phenoxy) is 1. The summed E-state index contributed by atoms with van der Waals surface area (Å²) >= 11 is 9.28. The van der Waals surface area contributed by atoms with Crippen molar-refractivity contribution in [2.24, 2.45) is 0 Å². The smallest absolute Gasteiger partial charge is 0.243 e. The van der Waals surface area contributed by atoms with Crippen molar-refractivity contribution in [1.82, 2.24) is 4.31 Å². The standard InChI is InChI=1S/C23H22BrClN2O4S/c1-2-31-22-6-4-3-5-21(22)26-23(28)16-27(15-17-7-9-18(24)10-8-17)32(29,30)20-13-11-19(25)12-14-20/h3-14H,2,15-16H2,1H3,(H,26,28). The van der Waals surface area contributed by atoms with Crippen LogP contribution in [0.1, 0.15) is 12.5 Å². The summed E-state index contributed by atoms with van der Waals surface area (Å²) < 4.78 is 34.2. The van der Waals surface area contributed by atoms with E-state index in [4.69, 9.17) is 16.3 Å². The molecule has 3 aromatic carbocycles. The summed E-state index contributed by atoms with van der Waals surface area (Å²) in [6, 6.07) is 20.1. The van der Waals surface area contributed by atoms with Gasteiger partial charge in [0, 0.05) is 16.0 Å². The summed E-state index contributed by atoms with van der Waals surface area (Å²) in [5.74, 6) is 0.0372. The van der Waals surface area contributed by atoms with Crippen LogP contribution in [0.5, 0.6) is 5.75 Å². The molecule has 0 aliphatic rings. The zero-order valence-corrected chi connectivity index (χ0v) is 20.5. The highest BCUT2D eigenvalue weighted by Gasteiger charge is 2.27. The fourth-order valence-corrected chi connectivity index (χ4v) is 4.75. The number of anilines is 1. The molecule has 3 rings (SSSR count). The first-order chi connectivity index (χ1) is 15.3. The second-order valence-electron chi connectivity index (χ2n) is 6.83. The number of carbonyl (C=O) groups excluding carboxylic acids is 1. The summed E-state index contributed by atoms with van der Waals surface area (Å²) in [6.07, 6.45) is 0. The van der Waals surface area contributed by atoms with E-state index < -0.39 is 15.9 Å². The average Bonchev–Trinajstić information content (AvgIpc) is 2.76. The lowest BCUT2D eigenvalue weighted by molar-refractivity contribution is -0.116. The molecule has 0 radical (unpaired) electrons. The van der Waals surface area contributed by atoms with Crippen molar-refractivity contribution in [3.05, 3.63) is 87.9 Å². The molecule has 1 N–H and O–H groups in total. The van der Waals surface area contributed by atoms with Crippen molar-refractivity contribution in [3.63, 3.8) is 0 Å². The predicted molar refractivity (Wildman–Crippen MR) is 129 cm³/mol. The van der Waals surface area contributed by atoms with E-state index in [-0.39, 0.29) is 18.0 Å². The van der Waals surface area contributed by atoms with Crippen LogP contribution in [0.15, 0.2) is 82.2 Å². The van der Waals surface area contributed by atoms with E-state index in [9.17, 15) is 13.2 Å². The molecule has 1 amide bonds. The Bertz CT molecular complexity index is 1170. The highest BCUT2D eigenvalue weighted by Crippen LogP contribution is 2.25. The molecular formula is C23H22BrClN2O4S. The summed E-state index contributed by atoms with van der Waals surface area (Å²) in [7, 11) is -3.96. The van der Waals surface area contributed by atoms with Gasteiger partial charge < -0.3 is 10.1 Å². The van der Waals surface area contributed by atoms with Gasteiger partial charge in [0.05, 0.1) is 23.7 Å². The van der Waals surface area contributed by atoms with Gasteiger partial charge in [0.15, 0.2) is 0 Å². The van der Waals surface area contributed by atoms with E-state index in [0.717, 1.165) is 14.3 Å². The second kappa shape index (κ2) is 11.0. The Labute approximate surface area is 201 Å². The number of sulfonamides is 1. The maximum atomic E-state index is 13.3. The van der Waals surface area contributed by atoms with Crippen LogP contribution in [0.3, 0.4) is 0 Å². The second-order valence-corrected chi connectivity index (χ2v) is 10.1. The number of para-hydroxylation sites is 2. The van der Waals surface area contributed by atoms with Gasteiger partial charge in [-0.1, -0.05) is 51.8 Å². The van der Waals surface area contributed by atoms with E-state index >= 15 is 0 Å². The lowest BCUT2D eigenvalue weighted by Crippen LogP contribution is -2.37. The Balaban J connectivity index is 1.87. The van der Waals surface area contributed by atoms with Gasteiger partial charge in [0.2, 0.25) is 15.9 Å². The van der Waals surface area contributed by atoms with Crippen molar-refractivity contribution >= 4 is 49.1 Å². The first-order valence-corrected chi connectivity index (χ1v) is 12.4. The number of hydrogen-bond donors (Lipinski definition) is 1. The monoisotopic (exact) mass is 536 g/mol. The Morgan fingerprint density at radius 2 is 1.69 bits per heavy atom. The van der Waals surface area contributed by atoms with E-state index in [1.165, 1.54) is 24.3 Å². The first-order valence-electron chi connectivity index (χ1n) is 9.81. The molecule has 32 heavy (non-hydrogen) atoms. The predicted octanol–water partition coefficient (Wildman–Crippen LogP) is 5.33. The molecule has 0 atom stereocenters. The zero-order valence-electron chi connectivity index (χ0n) is 17.3. The SMILES string of the molecule is CCOc1ccccc1NC(=O)CN(Cc1ccc(Br)cc1)S(=O)(=O)c1ccc(Cl)cc1. The lowest BCUT2D eigenvalue weighted by Gasteiger charge is -2.22. The topological polar surface area (TPSA) is 75.7 Å². The minimum atomic E-state index is -3.96. The number of rotatable bonds is 9. The van der Waals surface area contributed by atoms with Crippen LogP contribution in [0.25, 0.3) is 0 Å². The maximum Gasteiger partial charge on any atom is 0.243 e. The zero-order chi connectivity index (χ0) is 23.1. The van der Waals surface area contributed by atoms with Gasteiger partial charge in [-0.3, -0.25) is 4.79 Å². The Hall–Kier alpha value is -2.39. The molecule has 0 heterocycles. The Morgan fingerprint density at radius 3 is 2.34 bits per heavy atom. The molecule has 0 saturated carbocycles. The van der Waals surface area contributed by atoms with Crippen LogP contribution in [0.4, 0.5) is 5.69 Å². The Morgan fingerprint density at radius 1 is 1.03 bits per heavy atom. The maximum absolute atomic E-state index is 13.3. The molecule has 168 valence electrons. The lowest BCUT2D eigenvalue weighted by atomic mass is 10.2. The number of benzene rings is 3. The van der Waals surface area contributed by atoms with Gasteiger partial charge in [-0.25, -0.2) is 8.42 Å². The van der Waals surface area contributed by atoms with Crippen LogP contribution in [0.2, 0.25) is 5.02 Å². The molecule has 9 heteroatoms. The molecule has 0 aromatic heterocycles. The van der Waals surface area contributed by atoms with E-state index in [0.29, 0.717) is 23.1 Å². The third kappa shape index (κ3) is 6.32. The molecule has 0 bridgehead atoms. The van der Waals surface area contributed by atoms with Gasteiger partial charge in [-0.2, -0.15) is 4.31 Å². The number of amides is 1. The van der Waals surface area contributed by atoms with Crippen LogP contribution in [0, 0.1) is 0 Å². The van der Waals surface area contributed by atoms with E-state index in [2.05, 4.69) is 21.2 Å². The van der Waals surface area contributed by atoms with Crippen LogP contribution >= 0.6 is 27.5 Å². The summed E-state index contributed by atoms with van der Waals surface area (Å²) in [5.41, 5.74) is 1.22. The Kier molecular flexibility index (Phi) is 8.31. The summed E-state index contributed by atoms with van der Waals surface area (Å²) in [4.78, 5) is 12.9. The third-order valence-electron chi connectivity index (χ3n) is 4.50. The minimum Gasteiger partial charge on any atom is -0.492 e. The van der Waals surface area contributed by atoms with Gasteiger partial charge in [0.1, 0.15) is 5.75 Å². The molecular weight excluding hydrogens is 516 g/mol. The molecule has 0 aliphatic carbocycles. The molecule has 0 aliphatic heterocycles. The van der Waals surface area contributed by atoms with Gasteiger partial charge in [-0.15, -0.1) is 0 Å². The fourth-order valence-electron chi connectivity index (χ4n) is 2.98. The molecule has 0 spiro atoms. The van der Waals surface area contributed by atoms with Crippen molar-refractivity contribution in [1.29, 1.82) is 0 Å². The van der Waals surface area contributed by atoms with Crippen LogP contribution < -0.4 is 10.1 Å². The number of halogens is 2. The normalized spacial score (nSPS) is 11.4. The van der Waals surface area contributed by atoms with Gasteiger partial charge in [-0.05, 0) is 61.0 Å². The van der Waals surface area contributed by atoms with E-state index in [1.807, 2.05) is 19.1 Å². The highest BCUT2D eigenvalue weighted by atomic mass is 79.9. The molecule has 6 nitrogen and oxygen atoms in total. The van der Waals surface area contributed by atoms with Crippen LogP contribution in [-0.4, -0.2) is 31.8 Å². The van der Waals surface area contributed by atoms with Gasteiger partial charge >= 0.3 is 0 Å². The highest BCUT2D eigenvalue weighted by molar-refractivity contribution is 9.10. The van der Waals surface area contributed by atoms with Crippen LogP contribution in [-0.2, 0) is 21.4 Å². The van der Waals surface area contributed by atoms with E-state index in [1.54, 1.807) is 36.4 Å². The van der Waals surface area contributed by atoms with Crippen molar-refractivity contribution in [2.75, 3.05) is 18.5 Å². The number of carbonyl (C=O) groups is 1. The molecule has 0 unspecified atom stereocenters. The first kappa shape index (κ1) is 24.3. The summed E-state index contributed by atoms with van der Waals surface area (Å²) in [5, 5.41) is 3.18. The fraction of sp³-hybridized carbons (Fsp3) is 0.174. The quantitative estimate of drug-likeness (QED) is 0.400. The van der Waals surface area contributed by atoms with Gasteiger partial charge in [0.25, 0.3) is 0 Å². The average molecular weight is 538 g/mol. The van der Waals surface area contributed by atoms with Crippen molar-refractivity contribution < 1.29 is 17.9 Å². The third-order valence-corrected chi connectivity index (χ3v) is 7.09. The summed E-state index contributed by atoms with van der Waals surface area (Å²) in [6.45, 7) is 1.94. The number of nitrogens with one attached hydrogen (secondary N) is 1. The minimum absolute atomic E-state index is 0.0266. The van der Waals surface area contributed by atoms with Crippen molar-refractivity contribution in [3.8, 4) is 5.75 Å². The number of nitrogens with zero attached hydrogens (tertiary/aromatic N) is 1. The van der Waals surface area contributed by atoms with Crippen molar-refractivity contribution in [2.45, 2.75) is 18.4 Å². The molecule has 0 fully saturated rings.